The number of nitrogens with one attached hydrogen (secondary N) is 1. The molecule has 2 aliphatic carbocycles. The molecule has 148 valence electrons. The molecule has 0 saturated carbocycles. The fraction of sp³-hybridized carbons (Fsp3) is 0.174. The van der Waals surface area contributed by atoms with Crippen LogP contribution < -0.4 is 10.1 Å². The molecule has 29 heavy (non-hydrogen) atoms. The number of allylic oxidation sites excluding steroid dienone is 5. The Bertz CT molecular complexity index is 1070. The van der Waals surface area contributed by atoms with Gasteiger partial charge in [-0.05, 0) is 54.0 Å². The number of ketones is 1. The summed E-state index contributed by atoms with van der Waals surface area (Å²) in [5.41, 5.74) is 3.82. The summed E-state index contributed by atoms with van der Waals surface area (Å²) >= 11 is 0. The molecule has 0 spiro atoms. The molecule has 2 aromatic rings. The summed E-state index contributed by atoms with van der Waals surface area (Å²) in [5.74, 6) is -0.864. The van der Waals surface area contributed by atoms with Crippen LogP contribution in [0.1, 0.15) is 22.3 Å². The Kier molecular flexibility index (Phi) is 5.27. The third-order valence-corrected chi connectivity index (χ3v) is 4.90. The highest BCUT2D eigenvalue weighted by Gasteiger charge is 2.25. The van der Waals surface area contributed by atoms with Crippen molar-refractivity contribution in [2.45, 2.75) is 12.8 Å². The zero-order valence-corrected chi connectivity index (χ0v) is 15.5. The zero-order valence-electron chi connectivity index (χ0n) is 15.5. The van der Waals surface area contributed by atoms with E-state index < -0.39 is 11.6 Å². The Labute approximate surface area is 166 Å². The molecule has 6 heteroatoms. The first kappa shape index (κ1) is 19.1. The molecule has 0 bridgehead atoms. The van der Waals surface area contributed by atoms with Crippen LogP contribution in [0.5, 0.6) is 5.75 Å². The number of rotatable bonds is 5. The van der Waals surface area contributed by atoms with Crippen molar-refractivity contribution in [3.8, 4) is 5.75 Å². The van der Waals surface area contributed by atoms with E-state index in [0.717, 1.165) is 22.9 Å². The van der Waals surface area contributed by atoms with Crippen molar-refractivity contribution in [1.29, 1.82) is 0 Å². The maximum Gasteiger partial charge on any atom is 0.193 e. The van der Waals surface area contributed by atoms with E-state index in [2.05, 4.69) is 5.32 Å². The molecular weight excluding hydrogens is 376 g/mol. The van der Waals surface area contributed by atoms with E-state index in [9.17, 15) is 13.6 Å². The van der Waals surface area contributed by atoms with Crippen molar-refractivity contribution in [2.24, 2.45) is 0 Å². The molecular formula is C23H19F2NO3. The zero-order chi connectivity index (χ0) is 20.4. The number of hydrogen-bond acceptors (Lipinski definition) is 4. The van der Waals surface area contributed by atoms with Gasteiger partial charge in [-0.3, -0.25) is 4.79 Å². The van der Waals surface area contributed by atoms with Gasteiger partial charge >= 0.3 is 0 Å². The lowest BCUT2D eigenvalue weighted by atomic mass is 9.91. The van der Waals surface area contributed by atoms with Gasteiger partial charge in [0.05, 0.1) is 12.3 Å². The molecule has 2 aromatic carbocycles. The first-order valence-corrected chi connectivity index (χ1v) is 9.29. The number of anilines is 1. The standard InChI is InChI=1S/C23H19F2NO3/c24-16-4-8-22(21(25)12-16)26-17-5-7-19-15(11-17)2-1-14-3-6-18(29-10-9-27)13-20(14)23(19)28/h2-8,12-13,26-27H,1,9-11H2. The molecule has 0 amide bonds. The number of carbonyl (C=O) groups is 1. The number of hydrogen-bond donors (Lipinski definition) is 2. The van der Waals surface area contributed by atoms with E-state index in [4.69, 9.17) is 9.84 Å². The molecule has 0 fully saturated rings. The van der Waals surface area contributed by atoms with Gasteiger partial charge < -0.3 is 15.2 Å². The highest BCUT2D eigenvalue weighted by atomic mass is 19.1. The average Bonchev–Trinajstić information content (AvgIpc) is 2.85. The summed E-state index contributed by atoms with van der Waals surface area (Å²) in [6.07, 6.45) is 6.49. The van der Waals surface area contributed by atoms with Gasteiger partial charge in [-0.15, -0.1) is 0 Å². The van der Waals surface area contributed by atoms with Crippen molar-refractivity contribution in [3.63, 3.8) is 0 Å². The molecule has 0 unspecified atom stereocenters. The summed E-state index contributed by atoms with van der Waals surface area (Å²) in [6.45, 7) is 0.0635. The third-order valence-electron chi connectivity index (χ3n) is 4.90. The second-order valence-electron chi connectivity index (χ2n) is 6.85. The largest absolute Gasteiger partial charge is 0.491 e. The molecule has 2 N–H and O–H groups in total. The molecule has 0 aromatic heterocycles. The topological polar surface area (TPSA) is 58.6 Å². The summed E-state index contributed by atoms with van der Waals surface area (Å²) < 4.78 is 32.5. The molecule has 0 heterocycles. The molecule has 2 aliphatic rings. The molecule has 4 rings (SSSR count). The number of halogens is 2. The summed E-state index contributed by atoms with van der Waals surface area (Å²) in [7, 11) is 0. The minimum atomic E-state index is -0.672. The molecule has 0 atom stereocenters. The van der Waals surface area contributed by atoms with Crippen molar-refractivity contribution >= 4 is 11.5 Å². The Hall–Kier alpha value is -3.25. The summed E-state index contributed by atoms with van der Waals surface area (Å²) in [5, 5.41) is 11.9. The fourth-order valence-corrected chi connectivity index (χ4v) is 3.48. The van der Waals surface area contributed by atoms with Crippen LogP contribution in [-0.2, 0) is 6.42 Å². The van der Waals surface area contributed by atoms with Crippen LogP contribution in [0.25, 0.3) is 0 Å². The number of aliphatic hydroxyl groups is 1. The van der Waals surface area contributed by atoms with Crippen molar-refractivity contribution in [1.82, 2.24) is 0 Å². The van der Waals surface area contributed by atoms with E-state index >= 15 is 0 Å². The van der Waals surface area contributed by atoms with E-state index in [1.165, 1.54) is 12.1 Å². The first-order valence-electron chi connectivity index (χ1n) is 9.29. The van der Waals surface area contributed by atoms with Gasteiger partial charge in [0, 0.05) is 29.3 Å². The predicted molar refractivity (Wildman–Crippen MR) is 106 cm³/mol. The van der Waals surface area contributed by atoms with Gasteiger partial charge in [0.2, 0.25) is 0 Å². The summed E-state index contributed by atoms with van der Waals surface area (Å²) in [6, 6.07) is 8.71. The Morgan fingerprint density at radius 1 is 1.10 bits per heavy atom. The highest BCUT2D eigenvalue weighted by molar-refractivity contribution is 6.13. The number of carbonyl (C=O) groups excluding carboxylic acids is 1. The lowest BCUT2D eigenvalue weighted by molar-refractivity contribution is 0.103. The average molecular weight is 395 g/mol. The number of aliphatic hydroxyl groups excluding tert-OH is 1. The van der Waals surface area contributed by atoms with E-state index in [-0.39, 0.29) is 24.7 Å². The summed E-state index contributed by atoms with van der Waals surface area (Å²) in [4.78, 5) is 13.1. The minimum absolute atomic E-state index is 0.0959. The van der Waals surface area contributed by atoms with Gasteiger partial charge in [-0.25, -0.2) is 8.78 Å². The van der Waals surface area contributed by atoms with Crippen molar-refractivity contribution < 1.29 is 23.4 Å². The molecule has 0 radical (unpaired) electrons. The Morgan fingerprint density at radius 3 is 2.76 bits per heavy atom. The highest BCUT2D eigenvalue weighted by Crippen LogP contribution is 2.33. The van der Waals surface area contributed by atoms with E-state index in [1.807, 2.05) is 12.1 Å². The molecule has 4 nitrogen and oxygen atoms in total. The van der Waals surface area contributed by atoms with Crippen LogP contribution in [0, 0.1) is 11.6 Å². The number of ether oxygens (including phenoxy) is 1. The van der Waals surface area contributed by atoms with Crippen LogP contribution in [0.2, 0.25) is 0 Å². The van der Waals surface area contributed by atoms with Crippen molar-refractivity contribution in [3.05, 3.63) is 94.2 Å². The second-order valence-corrected chi connectivity index (χ2v) is 6.85. The predicted octanol–water partition coefficient (Wildman–Crippen LogP) is 4.33. The Morgan fingerprint density at radius 2 is 1.97 bits per heavy atom. The van der Waals surface area contributed by atoms with Crippen LogP contribution in [0.4, 0.5) is 14.5 Å². The Balaban J connectivity index is 1.60. The SMILES string of the molecule is O=C1C2=CC=C(Nc3ccc(F)cc3F)CC2=CCc2ccc(OCCO)cc21. The van der Waals surface area contributed by atoms with E-state index in [1.54, 1.807) is 24.3 Å². The smallest absolute Gasteiger partial charge is 0.193 e. The van der Waals surface area contributed by atoms with E-state index in [0.29, 0.717) is 29.7 Å². The van der Waals surface area contributed by atoms with Crippen LogP contribution in [0.3, 0.4) is 0 Å². The van der Waals surface area contributed by atoms with Gasteiger partial charge in [0.15, 0.2) is 5.78 Å². The fourth-order valence-electron chi connectivity index (χ4n) is 3.48. The quantitative estimate of drug-likeness (QED) is 0.791. The second kappa shape index (κ2) is 8.01. The number of benzene rings is 2. The third kappa shape index (κ3) is 3.98. The normalized spacial score (nSPS) is 15.4. The first-order chi connectivity index (χ1) is 14.0. The van der Waals surface area contributed by atoms with Gasteiger partial charge in [-0.2, -0.15) is 0 Å². The lowest BCUT2D eigenvalue weighted by Gasteiger charge is -2.19. The minimum Gasteiger partial charge on any atom is -0.491 e. The van der Waals surface area contributed by atoms with Gasteiger partial charge in [0.25, 0.3) is 0 Å². The van der Waals surface area contributed by atoms with Gasteiger partial charge in [-0.1, -0.05) is 12.1 Å². The maximum absolute atomic E-state index is 13.9. The van der Waals surface area contributed by atoms with Crippen LogP contribution in [-0.4, -0.2) is 24.1 Å². The van der Waals surface area contributed by atoms with Crippen molar-refractivity contribution in [2.75, 3.05) is 18.5 Å². The molecule has 0 saturated heterocycles. The number of Topliss-reactive ketones (excluding diaryl/α,β-unsaturated/α-hetero) is 1. The van der Waals surface area contributed by atoms with Crippen LogP contribution in [0.15, 0.2) is 71.5 Å². The monoisotopic (exact) mass is 395 g/mol. The lowest BCUT2D eigenvalue weighted by Crippen LogP contribution is -2.12. The van der Waals surface area contributed by atoms with Crippen LogP contribution >= 0.6 is 0 Å². The van der Waals surface area contributed by atoms with Gasteiger partial charge in [0.1, 0.15) is 24.0 Å². The maximum atomic E-state index is 13.9. The molecule has 0 aliphatic heterocycles. The number of fused-ring (bicyclic) bond motifs is 2.